The highest BCUT2D eigenvalue weighted by Gasteiger charge is 2.20. The van der Waals surface area contributed by atoms with Gasteiger partial charge in [-0.15, -0.1) is 0 Å². The average Bonchev–Trinajstić information content (AvgIpc) is 2.47. The maximum Gasteiger partial charge on any atom is 0.264 e. The van der Waals surface area contributed by atoms with E-state index in [0.717, 1.165) is 6.29 Å². The third kappa shape index (κ3) is 2.66. The summed E-state index contributed by atoms with van der Waals surface area (Å²) in [5, 5.41) is 0. The molecule has 0 fully saturated rings. The Labute approximate surface area is 112 Å². The van der Waals surface area contributed by atoms with Crippen molar-refractivity contribution < 1.29 is 13.2 Å². The molecular weight excluding hydrogens is 262 g/mol. The van der Waals surface area contributed by atoms with Crippen molar-refractivity contribution in [2.24, 2.45) is 0 Å². The highest BCUT2D eigenvalue weighted by atomic mass is 32.2. The highest BCUT2D eigenvalue weighted by Crippen LogP contribution is 2.21. The molecule has 98 valence electrons. The van der Waals surface area contributed by atoms with Gasteiger partial charge in [0, 0.05) is 12.6 Å². The Balaban J connectivity index is 2.37. The fourth-order valence-electron chi connectivity index (χ4n) is 1.65. The van der Waals surface area contributed by atoms with Crippen molar-refractivity contribution in [3.05, 3.63) is 60.2 Å². The molecule has 5 heteroatoms. The van der Waals surface area contributed by atoms with Crippen molar-refractivity contribution in [2.45, 2.75) is 4.90 Å². The fourth-order valence-corrected chi connectivity index (χ4v) is 2.87. The standard InChI is InChI=1S/C14H13NO3S/c1-15(13-9-7-12(11-16)8-10-13)19(17,18)14-5-3-2-4-6-14/h2-11H,1H3. The van der Waals surface area contributed by atoms with Crippen LogP contribution in [0.1, 0.15) is 10.4 Å². The lowest BCUT2D eigenvalue weighted by Crippen LogP contribution is -2.26. The van der Waals surface area contributed by atoms with Crippen LogP contribution in [0.4, 0.5) is 5.69 Å². The Morgan fingerprint density at radius 1 is 0.947 bits per heavy atom. The SMILES string of the molecule is CN(c1ccc(C=O)cc1)S(=O)(=O)c1ccccc1. The van der Waals surface area contributed by atoms with Crippen LogP contribution in [0.5, 0.6) is 0 Å². The van der Waals surface area contributed by atoms with Gasteiger partial charge >= 0.3 is 0 Å². The maximum atomic E-state index is 12.3. The smallest absolute Gasteiger partial charge is 0.264 e. The van der Waals surface area contributed by atoms with Gasteiger partial charge in [-0.25, -0.2) is 8.42 Å². The number of hydrogen-bond acceptors (Lipinski definition) is 3. The second-order valence-electron chi connectivity index (χ2n) is 3.99. The van der Waals surface area contributed by atoms with E-state index < -0.39 is 10.0 Å². The first kappa shape index (κ1) is 13.3. The van der Waals surface area contributed by atoms with Crippen LogP contribution in [0.3, 0.4) is 0 Å². The molecular formula is C14H13NO3S. The van der Waals surface area contributed by atoms with Gasteiger partial charge in [-0.3, -0.25) is 9.10 Å². The van der Waals surface area contributed by atoms with Crippen LogP contribution < -0.4 is 4.31 Å². The van der Waals surface area contributed by atoms with Gasteiger partial charge in [0.15, 0.2) is 0 Å². The minimum Gasteiger partial charge on any atom is -0.298 e. The van der Waals surface area contributed by atoms with Gasteiger partial charge in [-0.05, 0) is 36.4 Å². The summed E-state index contributed by atoms with van der Waals surface area (Å²) in [7, 11) is -2.08. The molecule has 0 aliphatic carbocycles. The first-order chi connectivity index (χ1) is 9.05. The second-order valence-corrected chi connectivity index (χ2v) is 5.96. The van der Waals surface area contributed by atoms with E-state index in [2.05, 4.69) is 0 Å². The molecule has 0 radical (unpaired) electrons. The molecule has 2 aromatic carbocycles. The van der Waals surface area contributed by atoms with Gasteiger partial charge in [0.25, 0.3) is 10.0 Å². The molecule has 0 spiro atoms. The Kier molecular flexibility index (Phi) is 3.66. The van der Waals surface area contributed by atoms with Crippen LogP contribution in [-0.2, 0) is 10.0 Å². The van der Waals surface area contributed by atoms with Crippen LogP contribution in [0.15, 0.2) is 59.5 Å². The monoisotopic (exact) mass is 275 g/mol. The molecule has 0 unspecified atom stereocenters. The summed E-state index contributed by atoms with van der Waals surface area (Å²) in [4.78, 5) is 10.8. The Hall–Kier alpha value is -2.14. The van der Waals surface area contributed by atoms with Crippen LogP contribution in [-0.4, -0.2) is 21.8 Å². The topological polar surface area (TPSA) is 54.5 Å². The van der Waals surface area contributed by atoms with Gasteiger partial charge in [0.05, 0.1) is 10.6 Å². The number of sulfonamides is 1. The number of hydrogen-bond donors (Lipinski definition) is 0. The third-order valence-electron chi connectivity index (χ3n) is 2.79. The molecule has 2 rings (SSSR count). The van der Waals surface area contributed by atoms with E-state index in [9.17, 15) is 13.2 Å². The van der Waals surface area contributed by atoms with Gasteiger partial charge in [0.1, 0.15) is 6.29 Å². The van der Waals surface area contributed by atoms with E-state index in [-0.39, 0.29) is 4.90 Å². The molecule has 0 saturated carbocycles. The molecule has 0 aromatic heterocycles. The van der Waals surface area contributed by atoms with Gasteiger partial charge < -0.3 is 0 Å². The molecule has 0 aliphatic heterocycles. The predicted octanol–water partition coefficient (Wildman–Crippen LogP) is 2.32. The summed E-state index contributed by atoms with van der Waals surface area (Å²) in [5.41, 5.74) is 1.02. The Morgan fingerprint density at radius 3 is 2.05 bits per heavy atom. The maximum absolute atomic E-state index is 12.3. The second kappa shape index (κ2) is 5.24. The lowest BCUT2D eigenvalue weighted by atomic mass is 10.2. The van der Waals surface area contributed by atoms with Crippen molar-refractivity contribution >= 4 is 22.0 Å². The van der Waals surface area contributed by atoms with E-state index >= 15 is 0 Å². The summed E-state index contributed by atoms with van der Waals surface area (Å²) < 4.78 is 25.9. The molecule has 0 amide bonds. The zero-order chi connectivity index (χ0) is 13.9. The fraction of sp³-hybridized carbons (Fsp3) is 0.0714. The summed E-state index contributed by atoms with van der Waals surface area (Å²) in [5.74, 6) is 0. The van der Waals surface area contributed by atoms with Crippen molar-refractivity contribution in [3.8, 4) is 0 Å². The summed E-state index contributed by atoms with van der Waals surface area (Å²) in [6.07, 6.45) is 0.718. The van der Waals surface area contributed by atoms with Crippen LogP contribution in [0.25, 0.3) is 0 Å². The van der Waals surface area contributed by atoms with Crippen LogP contribution in [0, 0.1) is 0 Å². The van der Waals surface area contributed by atoms with E-state index in [1.165, 1.54) is 11.4 Å². The van der Waals surface area contributed by atoms with E-state index in [0.29, 0.717) is 11.3 Å². The Bertz CT molecular complexity index is 664. The van der Waals surface area contributed by atoms with Crippen molar-refractivity contribution in [1.29, 1.82) is 0 Å². The van der Waals surface area contributed by atoms with Crippen molar-refractivity contribution in [2.75, 3.05) is 11.4 Å². The molecule has 0 heterocycles. The first-order valence-electron chi connectivity index (χ1n) is 5.65. The number of rotatable bonds is 4. The van der Waals surface area contributed by atoms with E-state index in [1.807, 2.05) is 0 Å². The normalized spacial score (nSPS) is 11.0. The van der Waals surface area contributed by atoms with Gasteiger partial charge in [0.2, 0.25) is 0 Å². The van der Waals surface area contributed by atoms with Crippen LogP contribution >= 0.6 is 0 Å². The zero-order valence-corrected chi connectivity index (χ0v) is 11.2. The number of benzene rings is 2. The number of carbonyl (C=O) groups excluding carboxylic acids is 1. The number of carbonyl (C=O) groups is 1. The molecule has 2 aromatic rings. The Morgan fingerprint density at radius 2 is 1.53 bits per heavy atom. The molecule has 0 atom stereocenters. The summed E-state index contributed by atoms with van der Waals surface area (Å²) >= 11 is 0. The summed E-state index contributed by atoms with van der Waals surface area (Å²) in [6, 6.07) is 14.6. The first-order valence-corrected chi connectivity index (χ1v) is 7.09. The predicted molar refractivity (Wildman–Crippen MR) is 73.9 cm³/mol. The zero-order valence-electron chi connectivity index (χ0n) is 10.4. The number of anilines is 1. The lowest BCUT2D eigenvalue weighted by molar-refractivity contribution is 0.112. The molecule has 0 bridgehead atoms. The molecule has 0 saturated heterocycles. The van der Waals surface area contributed by atoms with E-state index in [1.54, 1.807) is 54.6 Å². The molecule has 19 heavy (non-hydrogen) atoms. The third-order valence-corrected chi connectivity index (χ3v) is 4.59. The van der Waals surface area contributed by atoms with Crippen molar-refractivity contribution in [1.82, 2.24) is 0 Å². The largest absolute Gasteiger partial charge is 0.298 e. The highest BCUT2D eigenvalue weighted by molar-refractivity contribution is 7.92. The molecule has 4 nitrogen and oxygen atoms in total. The van der Waals surface area contributed by atoms with Gasteiger partial charge in [-0.2, -0.15) is 0 Å². The van der Waals surface area contributed by atoms with Crippen molar-refractivity contribution in [3.63, 3.8) is 0 Å². The molecule has 0 aliphatic rings. The average molecular weight is 275 g/mol. The van der Waals surface area contributed by atoms with Crippen LogP contribution in [0.2, 0.25) is 0 Å². The molecule has 0 N–H and O–H groups in total. The lowest BCUT2D eigenvalue weighted by Gasteiger charge is -2.19. The quantitative estimate of drug-likeness (QED) is 0.805. The van der Waals surface area contributed by atoms with E-state index in [4.69, 9.17) is 0 Å². The minimum atomic E-state index is -3.57. The number of nitrogens with zero attached hydrogens (tertiary/aromatic N) is 1. The van der Waals surface area contributed by atoms with Gasteiger partial charge in [-0.1, -0.05) is 18.2 Å². The summed E-state index contributed by atoms with van der Waals surface area (Å²) in [6.45, 7) is 0. The minimum absolute atomic E-state index is 0.233. The number of aldehydes is 1.